The van der Waals surface area contributed by atoms with Crippen LogP contribution in [0.4, 0.5) is 4.79 Å². The number of nitrogens with one attached hydrogen (secondary N) is 2. The predicted octanol–water partition coefficient (Wildman–Crippen LogP) is 2.00. The molecule has 6 heteroatoms. The summed E-state index contributed by atoms with van der Waals surface area (Å²) in [7, 11) is 0. The first-order chi connectivity index (χ1) is 10.4. The SMILES string of the molecule is CC(C)(C)OC(=O)NC1CNCC1c1ccc2c(c1)OCO2. The number of hydrogen-bond donors (Lipinski definition) is 2. The maximum absolute atomic E-state index is 12.0. The number of ether oxygens (including phenoxy) is 3. The highest BCUT2D eigenvalue weighted by atomic mass is 16.7. The van der Waals surface area contributed by atoms with Gasteiger partial charge in [0.1, 0.15) is 5.60 Å². The Hall–Kier alpha value is -1.95. The molecule has 120 valence electrons. The maximum Gasteiger partial charge on any atom is 0.407 e. The third kappa shape index (κ3) is 3.27. The molecule has 6 nitrogen and oxygen atoms in total. The fourth-order valence-corrected chi connectivity index (χ4v) is 2.78. The molecule has 0 aliphatic carbocycles. The Balaban J connectivity index is 1.69. The van der Waals surface area contributed by atoms with Gasteiger partial charge >= 0.3 is 6.09 Å². The highest BCUT2D eigenvalue weighted by Gasteiger charge is 2.32. The molecule has 2 aliphatic rings. The number of fused-ring (bicyclic) bond motifs is 1. The van der Waals surface area contributed by atoms with Crippen molar-refractivity contribution in [1.82, 2.24) is 10.6 Å². The molecule has 2 unspecified atom stereocenters. The Kier molecular flexibility index (Phi) is 3.87. The minimum Gasteiger partial charge on any atom is -0.454 e. The van der Waals surface area contributed by atoms with Crippen molar-refractivity contribution in [1.29, 1.82) is 0 Å². The topological polar surface area (TPSA) is 68.8 Å². The molecule has 2 heterocycles. The molecule has 0 saturated carbocycles. The number of alkyl carbamates (subject to hydrolysis) is 1. The van der Waals surface area contributed by atoms with E-state index in [-0.39, 0.29) is 24.8 Å². The molecule has 2 aliphatic heterocycles. The summed E-state index contributed by atoms with van der Waals surface area (Å²) in [6.07, 6.45) is -0.382. The van der Waals surface area contributed by atoms with Crippen LogP contribution in [0.25, 0.3) is 0 Å². The van der Waals surface area contributed by atoms with Crippen LogP contribution in [0.15, 0.2) is 18.2 Å². The first-order valence-corrected chi connectivity index (χ1v) is 7.52. The van der Waals surface area contributed by atoms with Gasteiger partial charge < -0.3 is 24.8 Å². The normalized spacial score (nSPS) is 23.4. The van der Waals surface area contributed by atoms with E-state index >= 15 is 0 Å². The lowest BCUT2D eigenvalue weighted by molar-refractivity contribution is 0.0504. The molecule has 2 N–H and O–H groups in total. The van der Waals surface area contributed by atoms with Gasteiger partial charge in [0.15, 0.2) is 11.5 Å². The summed E-state index contributed by atoms with van der Waals surface area (Å²) < 4.78 is 16.1. The van der Waals surface area contributed by atoms with Crippen LogP contribution >= 0.6 is 0 Å². The van der Waals surface area contributed by atoms with Gasteiger partial charge in [-0.15, -0.1) is 0 Å². The van der Waals surface area contributed by atoms with Crippen LogP contribution in [0.3, 0.4) is 0 Å². The zero-order valence-corrected chi connectivity index (χ0v) is 13.1. The summed E-state index contributed by atoms with van der Waals surface area (Å²) >= 11 is 0. The van der Waals surface area contributed by atoms with Crippen molar-refractivity contribution in [3.05, 3.63) is 23.8 Å². The van der Waals surface area contributed by atoms with Gasteiger partial charge in [0.25, 0.3) is 0 Å². The summed E-state index contributed by atoms with van der Waals surface area (Å²) in [6, 6.07) is 5.93. The third-order valence-electron chi connectivity index (χ3n) is 3.74. The molecule has 1 fully saturated rings. The monoisotopic (exact) mass is 306 g/mol. The van der Waals surface area contributed by atoms with E-state index in [1.807, 2.05) is 39.0 Å². The van der Waals surface area contributed by atoms with E-state index in [0.29, 0.717) is 0 Å². The molecule has 2 atom stereocenters. The van der Waals surface area contributed by atoms with E-state index in [4.69, 9.17) is 14.2 Å². The van der Waals surface area contributed by atoms with Crippen molar-refractivity contribution in [2.45, 2.75) is 38.3 Å². The quantitative estimate of drug-likeness (QED) is 0.874. The fraction of sp³-hybridized carbons (Fsp3) is 0.562. The van der Waals surface area contributed by atoms with Gasteiger partial charge in [-0.25, -0.2) is 4.79 Å². The molecule has 22 heavy (non-hydrogen) atoms. The number of hydrogen-bond acceptors (Lipinski definition) is 5. The van der Waals surface area contributed by atoms with Crippen molar-refractivity contribution in [3.8, 4) is 11.5 Å². The van der Waals surface area contributed by atoms with Crippen molar-refractivity contribution >= 4 is 6.09 Å². The van der Waals surface area contributed by atoms with Gasteiger partial charge in [0.2, 0.25) is 6.79 Å². The first-order valence-electron chi connectivity index (χ1n) is 7.52. The summed E-state index contributed by atoms with van der Waals surface area (Å²) in [6.45, 7) is 7.36. The molecule has 0 aromatic heterocycles. The van der Waals surface area contributed by atoms with Gasteiger partial charge in [0, 0.05) is 19.0 Å². The summed E-state index contributed by atoms with van der Waals surface area (Å²) in [5, 5.41) is 6.27. The average Bonchev–Trinajstić information content (AvgIpc) is 3.03. The highest BCUT2D eigenvalue weighted by Crippen LogP contribution is 2.36. The zero-order chi connectivity index (χ0) is 15.7. The standard InChI is InChI=1S/C16H22N2O4/c1-16(2,3)22-15(19)18-12-8-17-7-11(12)10-4-5-13-14(6-10)21-9-20-13/h4-6,11-12,17H,7-9H2,1-3H3,(H,18,19). The Morgan fingerprint density at radius 1 is 1.27 bits per heavy atom. The lowest BCUT2D eigenvalue weighted by Gasteiger charge is -2.24. The van der Waals surface area contributed by atoms with Crippen molar-refractivity contribution < 1.29 is 19.0 Å². The van der Waals surface area contributed by atoms with E-state index in [0.717, 1.165) is 30.2 Å². The van der Waals surface area contributed by atoms with Gasteiger partial charge in [-0.05, 0) is 38.5 Å². The van der Waals surface area contributed by atoms with Crippen molar-refractivity contribution in [2.24, 2.45) is 0 Å². The van der Waals surface area contributed by atoms with Gasteiger partial charge in [-0.2, -0.15) is 0 Å². The van der Waals surface area contributed by atoms with Crippen LogP contribution in [0.5, 0.6) is 11.5 Å². The second-order valence-corrected chi connectivity index (χ2v) is 6.63. The number of amides is 1. The Morgan fingerprint density at radius 3 is 2.82 bits per heavy atom. The van der Waals surface area contributed by atoms with Crippen LogP contribution in [-0.2, 0) is 4.74 Å². The number of benzene rings is 1. The summed E-state index contributed by atoms with van der Waals surface area (Å²) in [5.41, 5.74) is 0.625. The largest absolute Gasteiger partial charge is 0.454 e. The summed E-state index contributed by atoms with van der Waals surface area (Å²) in [4.78, 5) is 12.0. The second-order valence-electron chi connectivity index (χ2n) is 6.63. The number of rotatable bonds is 2. The second kappa shape index (κ2) is 5.68. The van der Waals surface area contributed by atoms with E-state index in [1.54, 1.807) is 0 Å². The first kappa shape index (κ1) is 15.0. The lowest BCUT2D eigenvalue weighted by Crippen LogP contribution is -2.42. The molecule has 0 radical (unpaired) electrons. The van der Waals surface area contributed by atoms with E-state index in [1.165, 1.54) is 0 Å². The summed E-state index contributed by atoms with van der Waals surface area (Å²) in [5.74, 6) is 1.72. The van der Waals surface area contributed by atoms with Gasteiger partial charge in [0.05, 0.1) is 6.04 Å². The molecule has 1 amide bonds. The molecule has 0 bridgehead atoms. The molecular formula is C16H22N2O4. The zero-order valence-electron chi connectivity index (χ0n) is 13.1. The van der Waals surface area contributed by atoms with Crippen molar-refractivity contribution in [3.63, 3.8) is 0 Å². The van der Waals surface area contributed by atoms with Crippen LogP contribution in [0, 0.1) is 0 Å². The van der Waals surface area contributed by atoms with Crippen LogP contribution in [0.2, 0.25) is 0 Å². The minimum absolute atomic E-state index is 0.00442. The van der Waals surface area contributed by atoms with Crippen LogP contribution < -0.4 is 20.1 Å². The molecule has 0 spiro atoms. The molecule has 3 rings (SSSR count). The molecule has 1 saturated heterocycles. The Labute approximate surface area is 130 Å². The molecule has 1 aromatic rings. The molecule has 1 aromatic carbocycles. The van der Waals surface area contributed by atoms with Crippen LogP contribution in [-0.4, -0.2) is 37.6 Å². The van der Waals surface area contributed by atoms with E-state index in [2.05, 4.69) is 10.6 Å². The van der Waals surface area contributed by atoms with Crippen molar-refractivity contribution in [2.75, 3.05) is 19.9 Å². The fourth-order valence-electron chi connectivity index (χ4n) is 2.78. The van der Waals surface area contributed by atoms with Crippen LogP contribution in [0.1, 0.15) is 32.3 Å². The Morgan fingerprint density at radius 2 is 2.05 bits per heavy atom. The van der Waals surface area contributed by atoms with E-state index < -0.39 is 5.60 Å². The maximum atomic E-state index is 12.0. The van der Waals surface area contributed by atoms with Gasteiger partial charge in [-0.3, -0.25) is 0 Å². The average molecular weight is 306 g/mol. The minimum atomic E-state index is -0.496. The number of carbonyl (C=O) groups is 1. The van der Waals surface area contributed by atoms with Gasteiger partial charge in [-0.1, -0.05) is 6.07 Å². The number of carbonyl (C=O) groups excluding carboxylic acids is 1. The molecular weight excluding hydrogens is 284 g/mol. The predicted molar refractivity (Wildman–Crippen MR) is 81.3 cm³/mol. The smallest absolute Gasteiger partial charge is 0.407 e. The highest BCUT2D eigenvalue weighted by molar-refractivity contribution is 5.68. The third-order valence-corrected chi connectivity index (χ3v) is 3.74. The van der Waals surface area contributed by atoms with E-state index in [9.17, 15) is 4.79 Å². The Bertz CT molecular complexity index is 568. The lowest BCUT2D eigenvalue weighted by atomic mass is 9.94.